The lowest BCUT2D eigenvalue weighted by molar-refractivity contribution is 0.403. The lowest BCUT2D eigenvalue weighted by Gasteiger charge is -2.14. The maximum atomic E-state index is 13.0. The summed E-state index contributed by atoms with van der Waals surface area (Å²) < 4.78 is 33.8. The van der Waals surface area contributed by atoms with Crippen molar-refractivity contribution >= 4 is 38.6 Å². The zero-order valence-electron chi connectivity index (χ0n) is 14.4. The fourth-order valence-electron chi connectivity index (χ4n) is 2.48. The normalized spacial score (nSPS) is 11.4. The van der Waals surface area contributed by atoms with Crippen molar-refractivity contribution in [2.45, 2.75) is 18.7 Å². The van der Waals surface area contributed by atoms with E-state index in [4.69, 9.17) is 16.3 Å². The van der Waals surface area contributed by atoms with Gasteiger partial charge in [-0.1, -0.05) is 11.6 Å². The van der Waals surface area contributed by atoms with Crippen LogP contribution in [0, 0.1) is 13.8 Å². The van der Waals surface area contributed by atoms with Crippen LogP contribution in [-0.4, -0.2) is 20.5 Å². The number of sulfonamides is 1. The molecule has 2 aromatic carbocycles. The molecule has 3 aromatic rings. The van der Waals surface area contributed by atoms with Gasteiger partial charge in [0.25, 0.3) is 10.0 Å². The van der Waals surface area contributed by atoms with E-state index < -0.39 is 10.0 Å². The van der Waals surface area contributed by atoms with Gasteiger partial charge in [-0.05, 0) is 55.8 Å². The molecule has 0 aliphatic heterocycles. The number of methoxy groups -OCH3 is 1. The molecule has 0 atom stereocenters. The fourth-order valence-corrected chi connectivity index (χ4v) is 4.66. The van der Waals surface area contributed by atoms with Crippen LogP contribution in [0.25, 0.3) is 11.3 Å². The third-order valence-corrected chi connectivity index (χ3v) is 6.20. The van der Waals surface area contributed by atoms with Crippen LogP contribution in [0.5, 0.6) is 5.75 Å². The van der Waals surface area contributed by atoms with Crippen LogP contribution in [0.2, 0.25) is 5.02 Å². The average Bonchev–Trinajstić information content (AvgIpc) is 3.03. The molecule has 0 radical (unpaired) electrons. The second kappa shape index (κ2) is 7.26. The van der Waals surface area contributed by atoms with Crippen LogP contribution in [0.3, 0.4) is 0 Å². The van der Waals surface area contributed by atoms with Crippen molar-refractivity contribution in [3.8, 4) is 17.0 Å². The number of nitrogens with one attached hydrogen (secondary N) is 1. The predicted octanol–water partition coefficient (Wildman–Crippen LogP) is 4.89. The Bertz CT molecular complexity index is 1060. The van der Waals surface area contributed by atoms with Crippen LogP contribution in [0.1, 0.15) is 10.6 Å². The minimum Gasteiger partial charge on any atom is -0.495 e. The molecule has 0 saturated carbocycles. The van der Waals surface area contributed by atoms with Gasteiger partial charge in [-0.2, -0.15) is 0 Å². The number of halogens is 1. The molecule has 0 bridgehead atoms. The monoisotopic (exact) mass is 408 g/mol. The summed E-state index contributed by atoms with van der Waals surface area (Å²) in [6, 6.07) is 9.96. The van der Waals surface area contributed by atoms with Gasteiger partial charge in [0.1, 0.15) is 10.6 Å². The molecular weight excluding hydrogens is 392 g/mol. The Morgan fingerprint density at radius 2 is 1.92 bits per heavy atom. The van der Waals surface area contributed by atoms with Crippen LogP contribution in [0.4, 0.5) is 5.69 Å². The second-order valence-corrected chi connectivity index (χ2v) is 8.83. The third-order valence-electron chi connectivity index (χ3n) is 3.80. The van der Waals surface area contributed by atoms with Gasteiger partial charge >= 0.3 is 0 Å². The van der Waals surface area contributed by atoms with E-state index in [9.17, 15) is 8.42 Å². The van der Waals surface area contributed by atoms with Gasteiger partial charge in [-0.3, -0.25) is 4.72 Å². The summed E-state index contributed by atoms with van der Waals surface area (Å²) in [4.78, 5) is 4.47. The van der Waals surface area contributed by atoms with Gasteiger partial charge in [-0.25, -0.2) is 13.4 Å². The Morgan fingerprint density at radius 1 is 1.15 bits per heavy atom. The Kier molecular flexibility index (Phi) is 5.22. The summed E-state index contributed by atoms with van der Waals surface area (Å²) in [5, 5.41) is 3.35. The van der Waals surface area contributed by atoms with E-state index in [1.165, 1.54) is 18.4 Å². The summed E-state index contributed by atoms with van der Waals surface area (Å²) in [5.74, 6) is 0.264. The maximum absolute atomic E-state index is 13.0. The van der Waals surface area contributed by atoms with Gasteiger partial charge in [-0.15, -0.1) is 11.3 Å². The highest BCUT2D eigenvalue weighted by Gasteiger charge is 2.22. The minimum absolute atomic E-state index is 0.0532. The molecule has 0 aliphatic rings. The zero-order chi connectivity index (χ0) is 18.9. The lowest BCUT2D eigenvalue weighted by atomic mass is 10.2. The molecule has 1 aromatic heterocycles. The number of benzene rings is 2. The van der Waals surface area contributed by atoms with Crippen molar-refractivity contribution in [2.24, 2.45) is 0 Å². The van der Waals surface area contributed by atoms with Crippen molar-refractivity contribution in [3.05, 3.63) is 57.4 Å². The minimum atomic E-state index is -3.86. The summed E-state index contributed by atoms with van der Waals surface area (Å²) in [5.41, 5.74) is 2.63. The number of anilines is 1. The van der Waals surface area contributed by atoms with Crippen LogP contribution < -0.4 is 9.46 Å². The number of aromatic nitrogens is 1. The SMILES string of the molecule is COc1ccc(-c2csc(C)n2)cc1S(=O)(=O)Nc1ccc(Cl)cc1C. The Labute approximate surface area is 161 Å². The van der Waals surface area contributed by atoms with Crippen LogP contribution >= 0.6 is 22.9 Å². The molecule has 0 spiro atoms. The van der Waals surface area contributed by atoms with Crippen LogP contribution in [0.15, 0.2) is 46.7 Å². The lowest BCUT2D eigenvalue weighted by Crippen LogP contribution is -2.15. The van der Waals surface area contributed by atoms with E-state index in [2.05, 4.69) is 9.71 Å². The highest BCUT2D eigenvalue weighted by Crippen LogP contribution is 2.32. The number of rotatable bonds is 5. The third kappa shape index (κ3) is 3.85. The molecule has 8 heteroatoms. The predicted molar refractivity (Wildman–Crippen MR) is 106 cm³/mol. The van der Waals surface area contributed by atoms with E-state index in [-0.39, 0.29) is 10.6 Å². The topological polar surface area (TPSA) is 68.3 Å². The fraction of sp³-hybridized carbons (Fsp3) is 0.167. The molecule has 136 valence electrons. The molecular formula is C18H17ClN2O3S2. The van der Waals surface area contributed by atoms with E-state index in [1.807, 2.05) is 12.3 Å². The van der Waals surface area contributed by atoms with Gasteiger partial charge in [0, 0.05) is 16.0 Å². The molecule has 0 fully saturated rings. The first-order chi connectivity index (χ1) is 12.3. The van der Waals surface area contributed by atoms with E-state index >= 15 is 0 Å². The van der Waals surface area contributed by atoms with Crippen molar-refractivity contribution in [1.82, 2.24) is 4.98 Å². The largest absolute Gasteiger partial charge is 0.495 e. The first-order valence-corrected chi connectivity index (χ1v) is 10.4. The molecule has 0 saturated heterocycles. The first kappa shape index (κ1) is 18.7. The maximum Gasteiger partial charge on any atom is 0.265 e. The molecule has 0 aliphatic carbocycles. The zero-order valence-corrected chi connectivity index (χ0v) is 16.8. The number of aryl methyl sites for hydroxylation is 2. The molecule has 0 amide bonds. The molecule has 0 unspecified atom stereocenters. The first-order valence-electron chi connectivity index (χ1n) is 7.69. The average molecular weight is 409 g/mol. The number of hydrogen-bond acceptors (Lipinski definition) is 5. The Balaban J connectivity index is 2.05. The van der Waals surface area contributed by atoms with Gasteiger partial charge < -0.3 is 4.74 Å². The van der Waals surface area contributed by atoms with Crippen molar-refractivity contribution < 1.29 is 13.2 Å². The van der Waals surface area contributed by atoms with Gasteiger partial charge in [0.05, 0.1) is 23.5 Å². The van der Waals surface area contributed by atoms with Crippen molar-refractivity contribution in [1.29, 1.82) is 0 Å². The molecule has 1 N–H and O–H groups in total. The Hall–Kier alpha value is -2.09. The highest BCUT2D eigenvalue weighted by atomic mass is 35.5. The summed E-state index contributed by atoms with van der Waals surface area (Å²) in [6.45, 7) is 3.69. The molecule has 5 nitrogen and oxygen atoms in total. The molecule has 1 heterocycles. The van der Waals surface area contributed by atoms with Crippen molar-refractivity contribution in [3.63, 3.8) is 0 Å². The van der Waals surface area contributed by atoms with E-state index in [0.717, 1.165) is 16.3 Å². The second-order valence-electron chi connectivity index (χ2n) is 5.68. The standard InChI is InChI=1S/C18H17ClN2O3S2/c1-11-8-14(19)5-6-15(11)21-26(22,23)18-9-13(4-7-17(18)24-3)16-10-25-12(2)20-16/h4-10,21H,1-3H3. The quantitative estimate of drug-likeness (QED) is 0.652. The number of nitrogens with zero attached hydrogens (tertiary/aromatic N) is 1. The van der Waals surface area contributed by atoms with E-state index in [0.29, 0.717) is 16.3 Å². The summed E-state index contributed by atoms with van der Waals surface area (Å²) in [6.07, 6.45) is 0. The highest BCUT2D eigenvalue weighted by molar-refractivity contribution is 7.92. The Morgan fingerprint density at radius 3 is 2.54 bits per heavy atom. The number of ether oxygens (including phenoxy) is 1. The molecule has 26 heavy (non-hydrogen) atoms. The van der Waals surface area contributed by atoms with Crippen LogP contribution in [-0.2, 0) is 10.0 Å². The van der Waals surface area contributed by atoms with Gasteiger partial charge in [0.2, 0.25) is 0 Å². The number of thiazole rings is 1. The molecule has 3 rings (SSSR count). The smallest absolute Gasteiger partial charge is 0.265 e. The van der Waals surface area contributed by atoms with E-state index in [1.54, 1.807) is 43.3 Å². The summed E-state index contributed by atoms with van der Waals surface area (Å²) in [7, 11) is -2.42. The summed E-state index contributed by atoms with van der Waals surface area (Å²) >= 11 is 7.45. The number of hydrogen-bond donors (Lipinski definition) is 1. The van der Waals surface area contributed by atoms with Crippen molar-refractivity contribution in [2.75, 3.05) is 11.8 Å². The van der Waals surface area contributed by atoms with Gasteiger partial charge in [0.15, 0.2) is 0 Å².